The summed E-state index contributed by atoms with van der Waals surface area (Å²) in [7, 11) is 0. The van der Waals surface area contributed by atoms with Gasteiger partial charge in [0.25, 0.3) is 0 Å². The van der Waals surface area contributed by atoms with Crippen LogP contribution in [0, 0.1) is 12.3 Å². The Bertz CT molecular complexity index is 315. The summed E-state index contributed by atoms with van der Waals surface area (Å²) in [6.45, 7) is 3.51. The first-order valence-electron chi connectivity index (χ1n) is 6.19. The molecule has 0 aliphatic rings. The lowest BCUT2D eigenvalue weighted by atomic mass is 10.2. The number of hydrogen-bond donors (Lipinski definition) is 1. The van der Waals surface area contributed by atoms with Crippen LogP contribution in [0.3, 0.4) is 0 Å². The van der Waals surface area contributed by atoms with E-state index in [0.717, 1.165) is 45.6 Å². The predicted octanol–water partition coefficient (Wildman–Crippen LogP) is 2.60. The van der Waals surface area contributed by atoms with Crippen molar-refractivity contribution >= 4 is 0 Å². The van der Waals surface area contributed by atoms with Crippen molar-refractivity contribution in [3.8, 4) is 12.3 Å². The average molecular weight is 231 g/mol. The topological polar surface area (TPSA) is 21.3 Å². The summed E-state index contributed by atoms with van der Waals surface area (Å²) >= 11 is 0. The molecule has 0 aliphatic heterocycles. The molecule has 1 N–H and O–H groups in total. The van der Waals surface area contributed by atoms with Gasteiger partial charge in [-0.1, -0.05) is 30.3 Å². The Morgan fingerprint density at radius 2 is 1.88 bits per heavy atom. The second-order valence-electron chi connectivity index (χ2n) is 3.94. The lowest BCUT2D eigenvalue weighted by Gasteiger charge is -2.05. The third-order valence-electron chi connectivity index (χ3n) is 2.42. The minimum atomic E-state index is 0.781. The summed E-state index contributed by atoms with van der Waals surface area (Å²) < 4.78 is 5.45. The lowest BCUT2D eigenvalue weighted by Crippen LogP contribution is -2.16. The molecule has 0 bridgehead atoms. The molecule has 2 heteroatoms. The van der Waals surface area contributed by atoms with Gasteiger partial charge in [0.05, 0.1) is 0 Å². The Kier molecular flexibility index (Phi) is 8.01. The number of rotatable bonds is 9. The molecule has 0 fully saturated rings. The predicted molar refractivity (Wildman–Crippen MR) is 71.7 cm³/mol. The molecule has 0 heterocycles. The number of terminal acetylenes is 1. The molecule has 0 radical (unpaired) electrons. The molecule has 0 aromatic heterocycles. The molecule has 0 spiro atoms. The average Bonchev–Trinajstić information content (AvgIpc) is 2.38. The van der Waals surface area contributed by atoms with Crippen LogP contribution in [0.5, 0.6) is 0 Å². The fraction of sp³-hybridized carbons (Fsp3) is 0.467. The first-order valence-corrected chi connectivity index (χ1v) is 6.19. The highest BCUT2D eigenvalue weighted by molar-refractivity contribution is 5.14. The number of hydrogen-bond acceptors (Lipinski definition) is 2. The quantitative estimate of drug-likeness (QED) is 0.521. The van der Waals surface area contributed by atoms with E-state index in [4.69, 9.17) is 11.2 Å². The zero-order chi connectivity index (χ0) is 12.2. The summed E-state index contributed by atoms with van der Waals surface area (Å²) in [5, 5.41) is 3.39. The first kappa shape index (κ1) is 13.8. The summed E-state index contributed by atoms with van der Waals surface area (Å²) in [6.07, 6.45) is 7.97. The van der Waals surface area contributed by atoms with Gasteiger partial charge in [-0.15, -0.1) is 12.3 Å². The van der Waals surface area contributed by atoms with Gasteiger partial charge in [0.2, 0.25) is 0 Å². The fourth-order valence-corrected chi connectivity index (χ4v) is 1.51. The van der Waals surface area contributed by atoms with Crippen molar-refractivity contribution in [2.45, 2.75) is 25.8 Å². The van der Waals surface area contributed by atoms with Crippen molar-refractivity contribution in [3.05, 3.63) is 35.9 Å². The smallest absolute Gasteiger partial charge is 0.0478 e. The van der Waals surface area contributed by atoms with E-state index < -0.39 is 0 Å². The summed E-state index contributed by atoms with van der Waals surface area (Å²) in [6, 6.07) is 10.4. The molecular weight excluding hydrogens is 210 g/mol. The fourth-order valence-electron chi connectivity index (χ4n) is 1.51. The molecule has 1 rings (SSSR count). The van der Waals surface area contributed by atoms with Gasteiger partial charge in [0.1, 0.15) is 0 Å². The molecule has 2 nitrogen and oxygen atoms in total. The number of nitrogens with one attached hydrogen (secondary N) is 1. The van der Waals surface area contributed by atoms with Gasteiger partial charge in [-0.3, -0.25) is 0 Å². The highest BCUT2D eigenvalue weighted by Gasteiger charge is 1.92. The van der Waals surface area contributed by atoms with Crippen molar-refractivity contribution in [2.75, 3.05) is 19.8 Å². The maximum Gasteiger partial charge on any atom is 0.0478 e. The summed E-state index contributed by atoms with van der Waals surface area (Å²) in [5.41, 5.74) is 1.32. The van der Waals surface area contributed by atoms with E-state index in [2.05, 4.69) is 35.5 Å². The zero-order valence-corrected chi connectivity index (χ0v) is 10.3. The number of unbranched alkanes of at least 4 members (excludes halogenated alkanes) is 1. The van der Waals surface area contributed by atoms with Gasteiger partial charge in [-0.05, 0) is 24.9 Å². The van der Waals surface area contributed by atoms with Crippen LogP contribution in [-0.4, -0.2) is 19.8 Å². The van der Waals surface area contributed by atoms with Crippen LogP contribution in [0.1, 0.15) is 24.8 Å². The first-order chi connectivity index (χ1) is 8.43. The molecule has 1 aromatic carbocycles. The van der Waals surface area contributed by atoms with Crippen LogP contribution in [-0.2, 0) is 11.3 Å². The minimum absolute atomic E-state index is 0.781. The summed E-state index contributed by atoms with van der Waals surface area (Å²) in [5.74, 6) is 2.60. The second-order valence-corrected chi connectivity index (χ2v) is 3.94. The standard InChI is InChI=1S/C15H21NO/c1-2-3-7-12-17-13-8-11-16-14-15-9-5-4-6-10-15/h1,4-6,9-10,16H,3,7-8,11-14H2. The van der Waals surface area contributed by atoms with E-state index in [9.17, 15) is 0 Å². The highest BCUT2D eigenvalue weighted by Crippen LogP contribution is 1.97. The van der Waals surface area contributed by atoms with E-state index in [1.165, 1.54) is 5.56 Å². The van der Waals surface area contributed by atoms with E-state index in [0.29, 0.717) is 0 Å². The monoisotopic (exact) mass is 231 g/mol. The maximum atomic E-state index is 5.45. The molecule has 0 unspecified atom stereocenters. The van der Waals surface area contributed by atoms with Crippen molar-refractivity contribution in [3.63, 3.8) is 0 Å². The highest BCUT2D eigenvalue weighted by atomic mass is 16.5. The van der Waals surface area contributed by atoms with Crippen molar-refractivity contribution in [1.82, 2.24) is 5.32 Å². The van der Waals surface area contributed by atoms with Gasteiger partial charge in [0.15, 0.2) is 0 Å². The molecule has 92 valence electrons. The van der Waals surface area contributed by atoms with Gasteiger partial charge in [-0.25, -0.2) is 0 Å². The van der Waals surface area contributed by atoms with Gasteiger partial charge in [0, 0.05) is 26.2 Å². The normalized spacial score (nSPS) is 10.1. The second kappa shape index (κ2) is 9.89. The molecule has 0 atom stereocenters. The van der Waals surface area contributed by atoms with Crippen LogP contribution >= 0.6 is 0 Å². The van der Waals surface area contributed by atoms with Gasteiger partial charge in [-0.2, -0.15) is 0 Å². The molecule has 0 amide bonds. The van der Waals surface area contributed by atoms with E-state index >= 15 is 0 Å². The van der Waals surface area contributed by atoms with E-state index in [1.807, 2.05) is 6.07 Å². The molecule has 0 saturated heterocycles. The molecule has 0 saturated carbocycles. The van der Waals surface area contributed by atoms with Crippen molar-refractivity contribution < 1.29 is 4.74 Å². The van der Waals surface area contributed by atoms with Crippen molar-refractivity contribution in [2.24, 2.45) is 0 Å². The van der Waals surface area contributed by atoms with Crippen molar-refractivity contribution in [1.29, 1.82) is 0 Å². The Balaban J connectivity index is 1.87. The van der Waals surface area contributed by atoms with Crippen LogP contribution < -0.4 is 5.32 Å². The summed E-state index contributed by atoms with van der Waals surface area (Å²) in [4.78, 5) is 0. The third kappa shape index (κ3) is 7.57. The minimum Gasteiger partial charge on any atom is -0.381 e. The van der Waals surface area contributed by atoms with Gasteiger partial charge < -0.3 is 10.1 Å². The Hall–Kier alpha value is -1.30. The van der Waals surface area contributed by atoms with Gasteiger partial charge >= 0.3 is 0 Å². The Labute approximate surface area is 104 Å². The SMILES string of the molecule is C#CCCCOCCCNCc1ccccc1. The van der Waals surface area contributed by atoms with Crippen LogP contribution in [0.4, 0.5) is 0 Å². The molecular formula is C15H21NO. The van der Waals surface area contributed by atoms with Crippen LogP contribution in [0.25, 0.3) is 0 Å². The third-order valence-corrected chi connectivity index (χ3v) is 2.42. The van der Waals surface area contributed by atoms with E-state index in [1.54, 1.807) is 0 Å². The zero-order valence-electron chi connectivity index (χ0n) is 10.3. The molecule has 17 heavy (non-hydrogen) atoms. The van der Waals surface area contributed by atoms with E-state index in [-0.39, 0.29) is 0 Å². The Morgan fingerprint density at radius 1 is 1.12 bits per heavy atom. The van der Waals surface area contributed by atoms with Crippen LogP contribution in [0.2, 0.25) is 0 Å². The number of benzene rings is 1. The number of ether oxygens (including phenoxy) is 1. The largest absolute Gasteiger partial charge is 0.381 e. The molecule has 0 aliphatic carbocycles. The molecule has 1 aromatic rings. The van der Waals surface area contributed by atoms with Crippen LogP contribution in [0.15, 0.2) is 30.3 Å². The maximum absolute atomic E-state index is 5.45. The lowest BCUT2D eigenvalue weighted by molar-refractivity contribution is 0.130. The Morgan fingerprint density at radius 3 is 2.65 bits per heavy atom.